The largest absolute Gasteiger partial charge is 0.496 e. The fourth-order valence-corrected chi connectivity index (χ4v) is 2.55. The molecule has 0 fully saturated rings. The molecule has 1 aliphatic rings. The lowest BCUT2D eigenvalue weighted by atomic mass is 9.81. The van der Waals surface area contributed by atoms with Gasteiger partial charge in [-0.3, -0.25) is 0 Å². The van der Waals surface area contributed by atoms with E-state index in [0.717, 1.165) is 29.0 Å². The van der Waals surface area contributed by atoms with E-state index < -0.39 is 6.10 Å². The summed E-state index contributed by atoms with van der Waals surface area (Å²) in [6, 6.07) is 3.72. The van der Waals surface area contributed by atoms with Crippen LogP contribution in [0.15, 0.2) is 12.1 Å². The lowest BCUT2D eigenvalue weighted by Gasteiger charge is -2.30. The first-order valence-corrected chi connectivity index (χ1v) is 5.83. The molecule has 0 bridgehead atoms. The Morgan fingerprint density at radius 1 is 1.29 bits per heavy atom. The molecule has 0 aromatic heterocycles. The third kappa shape index (κ3) is 2.10. The summed E-state index contributed by atoms with van der Waals surface area (Å²) in [6.07, 6.45) is 1.01. The molecule has 4 heteroatoms. The summed E-state index contributed by atoms with van der Waals surface area (Å²) in [4.78, 5) is 0. The molecule has 1 aliphatic carbocycles. The number of methoxy groups -OCH3 is 2. The third-order valence-corrected chi connectivity index (χ3v) is 3.43. The minimum Gasteiger partial charge on any atom is -0.496 e. The summed E-state index contributed by atoms with van der Waals surface area (Å²) >= 11 is 0. The van der Waals surface area contributed by atoms with Gasteiger partial charge in [-0.15, -0.1) is 0 Å². The molecule has 4 nitrogen and oxygen atoms in total. The second kappa shape index (κ2) is 4.94. The monoisotopic (exact) mass is 237 g/mol. The van der Waals surface area contributed by atoms with Gasteiger partial charge in [-0.25, -0.2) is 0 Å². The number of ether oxygens (including phenoxy) is 2. The SMILES string of the molecule is COc1ccc(OC)c2c1CC(CN)CC2O. The van der Waals surface area contributed by atoms with E-state index in [-0.39, 0.29) is 0 Å². The van der Waals surface area contributed by atoms with E-state index in [1.54, 1.807) is 14.2 Å². The quantitative estimate of drug-likeness (QED) is 0.830. The van der Waals surface area contributed by atoms with Crippen LogP contribution in [0.25, 0.3) is 0 Å². The van der Waals surface area contributed by atoms with Gasteiger partial charge in [0.05, 0.1) is 20.3 Å². The maximum absolute atomic E-state index is 10.2. The zero-order valence-corrected chi connectivity index (χ0v) is 10.3. The van der Waals surface area contributed by atoms with Crippen LogP contribution >= 0.6 is 0 Å². The number of aliphatic hydroxyl groups excluding tert-OH is 1. The Labute approximate surface area is 101 Å². The zero-order valence-electron chi connectivity index (χ0n) is 10.3. The number of aliphatic hydroxyl groups is 1. The van der Waals surface area contributed by atoms with Crippen LogP contribution in [0.3, 0.4) is 0 Å². The van der Waals surface area contributed by atoms with Crippen LogP contribution in [0.5, 0.6) is 11.5 Å². The minimum absolute atomic E-state index is 0.304. The van der Waals surface area contributed by atoms with Gasteiger partial charge in [0.15, 0.2) is 0 Å². The van der Waals surface area contributed by atoms with Gasteiger partial charge in [-0.1, -0.05) is 0 Å². The maximum Gasteiger partial charge on any atom is 0.125 e. The van der Waals surface area contributed by atoms with Crippen molar-refractivity contribution in [2.24, 2.45) is 11.7 Å². The fraction of sp³-hybridized carbons (Fsp3) is 0.538. The average Bonchev–Trinajstić information content (AvgIpc) is 2.37. The minimum atomic E-state index is -0.516. The number of fused-ring (bicyclic) bond motifs is 1. The van der Waals surface area contributed by atoms with Crippen molar-refractivity contribution in [1.82, 2.24) is 0 Å². The molecule has 0 radical (unpaired) electrons. The first-order valence-electron chi connectivity index (χ1n) is 5.83. The van der Waals surface area contributed by atoms with E-state index in [9.17, 15) is 5.11 Å². The highest BCUT2D eigenvalue weighted by molar-refractivity contribution is 5.51. The van der Waals surface area contributed by atoms with Crippen molar-refractivity contribution in [3.8, 4) is 11.5 Å². The molecule has 0 heterocycles. The molecule has 0 aliphatic heterocycles. The Balaban J connectivity index is 2.51. The predicted molar refractivity (Wildman–Crippen MR) is 65.4 cm³/mol. The number of hydrogen-bond acceptors (Lipinski definition) is 4. The summed E-state index contributed by atoms with van der Waals surface area (Å²) in [5, 5.41) is 10.2. The maximum atomic E-state index is 10.2. The van der Waals surface area contributed by atoms with E-state index >= 15 is 0 Å². The molecular weight excluding hydrogens is 218 g/mol. The highest BCUT2D eigenvalue weighted by atomic mass is 16.5. The highest BCUT2D eigenvalue weighted by Crippen LogP contribution is 2.42. The first kappa shape index (κ1) is 12.2. The van der Waals surface area contributed by atoms with Gasteiger partial charge >= 0.3 is 0 Å². The van der Waals surface area contributed by atoms with Crippen LogP contribution in [-0.4, -0.2) is 25.9 Å². The van der Waals surface area contributed by atoms with E-state index in [1.807, 2.05) is 12.1 Å². The van der Waals surface area contributed by atoms with Crippen molar-refractivity contribution in [1.29, 1.82) is 0 Å². The number of benzene rings is 1. The summed E-state index contributed by atoms with van der Waals surface area (Å²) in [5.74, 6) is 1.83. The second-order valence-corrected chi connectivity index (χ2v) is 4.42. The van der Waals surface area contributed by atoms with Gasteiger partial charge in [0, 0.05) is 11.1 Å². The van der Waals surface area contributed by atoms with Gasteiger partial charge in [0.2, 0.25) is 0 Å². The van der Waals surface area contributed by atoms with Crippen LogP contribution in [-0.2, 0) is 6.42 Å². The smallest absolute Gasteiger partial charge is 0.125 e. The normalized spacial score (nSPS) is 23.1. The molecule has 1 aromatic carbocycles. The topological polar surface area (TPSA) is 64.7 Å². The van der Waals surface area contributed by atoms with Gasteiger partial charge in [-0.2, -0.15) is 0 Å². The molecule has 1 aromatic rings. The lowest BCUT2D eigenvalue weighted by molar-refractivity contribution is 0.129. The lowest BCUT2D eigenvalue weighted by Crippen LogP contribution is -2.25. The number of nitrogens with two attached hydrogens (primary N) is 1. The van der Waals surface area contributed by atoms with Crippen LogP contribution in [0.4, 0.5) is 0 Å². The summed E-state index contributed by atoms with van der Waals surface area (Å²) < 4.78 is 10.7. The first-order chi connectivity index (χ1) is 8.21. The summed E-state index contributed by atoms with van der Waals surface area (Å²) in [7, 11) is 3.25. The zero-order chi connectivity index (χ0) is 12.4. The molecule has 94 valence electrons. The number of rotatable bonds is 3. The van der Waals surface area contributed by atoms with Crippen molar-refractivity contribution < 1.29 is 14.6 Å². The van der Waals surface area contributed by atoms with E-state index in [0.29, 0.717) is 18.9 Å². The van der Waals surface area contributed by atoms with E-state index in [1.165, 1.54) is 0 Å². The van der Waals surface area contributed by atoms with Gasteiger partial charge in [0.1, 0.15) is 11.5 Å². The predicted octanol–water partition coefficient (Wildman–Crippen LogP) is 1.26. The van der Waals surface area contributed by atoms with Crippen molar-refractivity contribution in [2.45, 2.75) is 18.9 Å². The molecule has 17 heavy (non-hydrogen) atoms. The molecule has 0 saturated carbocycles. The molecule has 0 saturated heterocycles. The van der Waals surface area contributed by atoms with Crippen LogP contribution < -0.4 is 15.2 Å². The van der Waals surface area contributed by atoms with Crippen molar-refractivity contribution in [3.63, 3.8) is 0 Å². The Morgan fingerprint density at radius 3 is 2.53 bits per heavy atom. The average molecular weight is 237 g/mol. The number of hydrogen-bond donors (Lipinski definition) is 2. The van der Waals surface area contributed by atoms with Crippen molar-refractivity contribution in [2.75, 3.05) is 20.8 Å². The highest BCUT2D eigenvalue weighted by Gasteiger charge is 2.30. The molecule has 2 atom stereocenters. The Hall–Kier alpha value is -1.26. The molecule has 2 unspecified atom stereocenters. The second-order valence-electron chi connectivity index (χ2n) is 4.42. The van der Waals surface area contributed by atoms with Gasteiger partial charge < -0.3 is 20.3 Å². The van der Waals surface area contributed by atoms with E-state index in [2.05, 4.69) is 0 Å². The molecule has 3 N–H and O–H groups in total. The summed E-state index contributed by atoms with van der Waals surface area (Å²) in [5.41, 5.74) is 7.59. The molecule has 2 rings (SSSR count). The van der Waals surface area contributed by atoms with Crippen LogP contribution in [0, 0.1) is 5.92 Å². The van der Waals surface area contributed by atoms with E-state index in [4.69, 9.17) is 15.2 Å². The Bertz CT molecular complexity index is 406. The third-order valence-electron chi connectivity index (χ3n) is 3.43. The Kier molecular flexibility index (Phi) is 3.54. The van der Waals surface area contributed by atoms with Crippen molar-refractivity contribution >= 4 is 0 Å². The van der Waals surface area contributed by atoms with Gasteiger partial charge in [-0.05, 0) is 37.4 Å². The molecule has 0 amide bonds. The standard InChI is InChI=1S/C13H19NO3/c1-16-11-3-4-12(17-2)13-9(11)5-8(7-14)6-10(13)15/h3-4,8,10,15H,5-7,14H2,1-2H3. The van der Waals surface area contributed by atoms with Crippen LogP contribution in [0.2, 0.25) is 0 Å². The molecular formula is C13H19NO3. The molecule has 0 spiro atoms. The Morgan fingerprint density at radius 2 is 1.94 bits per heavy atom. The van der Waals surface area contributed by atoms with Crippen LogP contribution in [0.1, 0.15) is 23.7 Å². The summed E-state index contributed by atoms with van der Waals surface area (Å²) in [6.45, 7) is 0.580. The van der Waals surface area contributed by atoms with Gasteiger partial charge in [0.25, 0.3) is 0 Å². The van der Waals surface area contributed by atoms with Crippen molar-refractivity contribution in [3.05, 3.63) is 23.3 Å². The fourth-order valence-electron chi connectivity index (χ4n) is 2.55.